The van der Waals surface area contributed by atoms with Crippen molar-refractivity contribution in [2.24, 2.45) is 0 Å². The number of aromatic nitrogens is 1. The molecule has 1 aromatic carbocycles. The van der Waals surface area contributed by atoms with Crippen LogP contribution in [0, 0.1) is 0 Å². The number of benzene rings is 1. The molecule has 0 saturated carbocycles. The van der Waals surface area contributed by atoms with Crippen LogP contribution in [-0.4, -0.2) is 4.37 Å². The minimum absolute atomic E-state index is 0.755. The zero-order valence-corrected chi connectivity index (χ0v) is 9.74. The van der Waals surface area contributed by atoms with Crippen LogP contribution in [0.3, 0.4) is 0 Å². The van der Waals surface area contributed by atoms with E-state index in [4.69, 9.17) is 11.6 Å². The molecule has 1 nitrogen and oxygen atoms in total. The van der Waals surface area contributed by atoms with Gasteiger partial charge in [-0.3, -0.25) is 0 Å². The van der Waals surface area contributed by atoms with Crippen molar-refractivity contribution in [2.45, 2.75) is 19.3 Å². The van der Waals surface area contributed by atoms with Crippen LogP contribution in [-0.2, 0) is 12.8 Å². The van der Waals surface area contributed by atoms with Gasteiger partial charge < -0.3 is 0 Å². The summed E-state index contributed by atoms with van der Waals surface area (Å²) in [4.78, 5) is 0. The standard InChI is InChI=1S/C12H10ClNS/c13-12-7-11(14-15-12)10-5-4-8-2-1-3-9(8)6-10/h4-7H,1-3H2. The fraction of sp³-hybridized carbons (Fsp3) is 0.250. The molecule has 15 heavy (non-hydrogen) atoms. The van der Waals surface area contributed by atoms with Gasteiger partial charge in [-0.05, 0) is 54.1 Å². The number of hydrogen-bond donors (Lipinski definition) is 0. The molecule has 76 valence electrons. The van der Waals surface area contributed by atoms with E-state index in [0.717, 1.165) is 10.0 Å². The van der Waals surface area contributed by atoms with Gasteiger partial charge in [0.1, 0.15) is 4.34 Å². The van der Waals surface area contributed by atoms with Gasteiger partial charge in [0, 0.05) is 5.56 Å². The van der Waals surface area contributed by atoms with E-state index >= 15 is 0 Å². The summed E-state index contributed by atoms with van der Waals surface area (Å²) in [6.45, 7) is 0. The summed E-state index contributed by atoms with van der Waals surface area (Å²) in [5.74, 6) is 0. The second kappa shape index (κ2) is 3.62. The highest BCUT2D eigenvalue weighted by Crippen LogP contribution is 2.29. The lowest BCUT2D eigenvalue weighted by atomic mass is 10.0. The lowest BCUT2D eigenvalue weighted by Crippen LogP contribution is -1.84. The Bertz CT molecular complexity index is 504. The first kappa shape index (κ1) is 9.37. The molecule has 0 radical (unpaired) electrons. The van der Waals surface area contributed by atoms with Crippen molar-refractivity contribution in [3.8, 4) is 11.3 Å². The molecule has 1 aliphatic rings. The maximum atomic E-state index is 5.88. The molecule has 3 rings (SSSR count). The monoisotopic (exact) mass is 235 g/mol. The van der Waals surface area contributed by atoms with E-state index in [1.54, 1.807) is 0 Å². The smallest absolute Gasteiger partial charge is 0.114 e. The van der Waals surface area contributed by atoms with Gasteiger partial charge in [-0.1, -0.05) is 23.7 Å². The number of nitrogens with zero attached hydrogens (tertiary/aromatic N) is 1. The maximum Gasteiger partial charge on any atom is 0.114 e. The molecule has 0 spiro atoms. The van der Waals surface area contributed by atoms with E-state index in [0.29, 0.717) is 0 Å². The molecule has 1 aliphatic carbocycles. The second-order valence-electron chi connectivity index (χ2n) is 3.85. The molecule has 0 aliphatic heterocycles. The van der Waals surface area contributed by atoms with Gasteiger partial charge in [0.15, 0.2) is 0 Å². The molecular formula is C12H10ClNS. The van der Waals surface area contributed by atoms with Gasteiger partial charge in [0.25, 0.3) is 0 Å². The number of fused-ring (bicyclic) bond motifs is 1. The van der Waals surface area contributed by atoms with Crippen LogP contribution in [0.2, 0.25) is 4.34 Å². The van der Waals surface area contributed by atoms with Crippen LogP contribution < -0.4 is 0 Å². The Morgan fingerprint density at radius 2 is 2.00 bits per heavy atom. The molecule has 0 saturated heterocycles. The van der Waals surface area contributed by atoms with Crippen LogP contribution in [0.1, 0.15) is 17.5 Å². The highest BCUT2D eigenvalue weighted by atomic mass is 35.5. The molecule has 2 aromatic rings. The number of rotatable bonds is 1. The molecule has 1 aromatic heterocycles. The Hall–Kier alpha value is -0.860. The summed E-state index contributed by atoms with van der Waals surface area (Å²) in [6, 6.07) is 8.57. The van der Waals surface area contributed by atoms with E-state index in [1.165, 1.54) is 47.5 Å². The SMILES string of the molecule is Clc1cc(-c2ccc3c(c2)CCC3)ns1. The zero-order valence-electron chi connectivity index (χ0n) is 8.16. The van der Waals surface area contributed by atoms with Crippen LogP contribution in [0.15, 0.2) is 24.3 Å². The highest BCUT2D eigenvalue weighted by molar-refractivity contribution is 7.10. The molecular weight excluding hydrogens is 226 g/mol. The van der Waals surface area contributed by atoms with Crippen molar-refractivity contribution < 1.29 is 0 Å². The van der Waals surface area contributed by atoms with Gasteiger partial charge >= 0.3 is 0 Å². The third kappa shape index (κ3) is 1.68. The summed E-state index contributed by atoms with van der Waals surface area (Å²) >= 11 is 7.23. The van der Waals surface area contributed by atoms with Gasteiger partial charge in [-0.25, -0.2) is 0 Å². The number of hydrogen-bond acceptors (Lipinski definition) is 2. The van der Waals surface area contributed by atoms with E-state index in [1.807, 2.05) is 6.07 Å². The topological polar surface area (TPSA) is 12.9 Å². The third-order valence-electron chi connectivity index (χ3n) is 2.88. The van der Waals surface area contributed by atoms with Crippen molar-refractivity contribution in [1.82, 2.24) is 4.37 Å². The first-order valence-electron chi connectivity index (χ1n) is 5.07. The summed E-state index contributed by atoms with van der Waals surface area (Å²) < 4.78 is 5.08. The highest BCUT2D eigenvalue weighted by Gasteiger charge is 2.12. The molecule has 3 heteroatoms. The van der Waals surface area contributed by atoms with E-state index < -0.39 is 0 Å². The largest absolute Gasteiger partial charge is 0.191 e. The molecule has 0 amide bonds. The van der Waals surface area contributed by atoms with E-state index in [-0.39, 0.29) is 0 Å². The summed E-state index contributed by atoms with van der Waals surface area (Å²) in [5.41, 5.74) is 5.18. The second-order valence-corrected chi connectivity index (χ2v) is 5.29. The predicted molar refractivity (Wildman–Crippen MR) is 64.6 cm³/mol. The van der Waals surface area contributed by atoms with Crippen molar-refractivity contribution >= 4 is 23.1 Å². The minimum atomic E-state index is 0.755. The van der Waals surface area contributed by atoms with E-state index in [2.05, 4.69) is 22.6 Å². The molecule has 0 unspecified atom stereocenters. The Kier molecular flexibility index (Phi) is 2.26. The van der Waals surface area contributed by atoms with Crippen LogP contribution >= 0.6 is 23.1 Å². The summed E-state index contributed by atoms with van der Waals surface area (Å²) in [7, 11) is 0. The molecule has 0 N–H and O–H groups in total. The van der Waals surface area contributed by atoms with Crippen molar-refractivity contribution in [1.29, 1.82) is 0 Å². The summed E-state index contributed by atoms with van der Waals surface area (Å²) in [5, 5.41) is 0. The van der Waals surface area contributed by atoms with Crippen LogP contribution in [0.5, 0.6) is 0 Å². The first-order chi connectivity index (χ1) is 7.33. The normalized spacial score (nSPS) is 14.2. The first-order valence-corrected chi connectivity index (χ1v) is 6.22. The Morgan fingerprint density at radius 1 is 1.13 bits per heavy atom. The van der Waals surface area contributed by atoms with Gasteiger partial charge in [-0.2, -0.15) is 4.37 Å². The fourth-order valence-corrected chi connectivity index (χ4v) is 2.84. The molecule has 0 fully saturated rings. The zero-order chi connectivity index (χ0) is 10.3. The predicted octanol–water partition coefficient (Wildman–Crippen LogP) is 3.95. The van der Waals surface area contributed by atoms with Crippen molar-refractivity contribution in [2.75, 3.05) is 0 Å². The quantitative estimate of drug-likeness (QED) is 0.729. The molecule has 0 bridgehead atoms. The summed E-state index contributed by atoms with van der Waals surface area (Å²) in [6.07, 6.45) is 3.73. The van der Waals surface area contributed by atoms with Gasteiger partial charge in [-0.15, -0.1) is 0 Å². The fourth-order valence-electron chi connectivity index (χ4n) is 2.12. The maximum absolute atomic E-state index is 5.88. The minimum Gasteiger partial charge on any atom is -0.191 e. The average Bonchev–Trinajstić information content (AvgIpc) is 2.84. The Balaban J connectivity index is 2.06. The van der Waals surface area contributed by atoms with E-state index in [9.17, 15) is 0 Å². The molecule has 0 atom stereocenters. The Morgan fingerprint density at radius 3 is 2.80 bits per heavy atom. The lowest BCUT2D eigenvalue weighted by molar-refractivity contribution is 0.912. The Labute approximate surface area is 97.9 Å². The number of aryl methyl sites for hydroxylation is 2. The van der Waals surface area contributed by atoms with Crippen LogP contribution in [0.4, 0.5) is 0 Å². The van der Waals surface area contributed by atoms with Crippen molar-refractivity contribution in [3.05, 3.63) is 39.7 Å². The van der Waals surface area contributed by atoms with Crippen molar-refractivity contribution in [3.63, 3.8) is 0 Å². The average molecular weight is 236 g/mol. The third-order valence-corrected chi connectivity index (χ3v) is 3.77. The van der Waals surface area contributed by atoms with Gasteiger partial charge in [0.2, 0.25) is 0 Å². The van der Waals surface area contributed by atoms with Gasteiger partial charge in [0.05, 0.1) is 5.69 Å². The number of halogens is 1. The lowest BCUT2D eigenvalue weighted by Gasteiger charge is -2.01. The van der Waals surface area contributed by atoms with Crippen LogP contribution in [0.25, 0.3) is 11.3 Å². The molecule has 1 heterocycles.